The third kappa shape index (κ3) is 7.42. The van der Waals surface area contributed by atoms with Gasteiger partial charge in [0, 0.05) is 51.6 Å². The summed E-state index contributed by atoms with van der Waals surface area (Å²) in [6.45, 7) is 4.48. The molecule has 1 aliphatic heterocycles. The lowest BCUT2D eigenvalue weighted by molar-refractivity contribution is -0.134. The molecule has 2 amide bonds. The number of pyridine rings is 1. The van der Waals surface area contributed by atoms with Crippen molar-refractivity contribution < 1.29 is 31.9 Å². The van der Waals surface area contributed by atoms with Gasteiger partial charge in [0.15, 0.2) is 0 Å². The molecule has 0 radical (unpaired) electrons. The van der Waals surface area contributed by atoms with Gasteiger partial charge < -0.3 is 19.3 Å². The van der Waals surface area contributed by atoms with Crippen LogP contribution in [0.4, 0.5) is 10.1 Å². The number of halogens is 1. The molecule has 0 unspecified atom stereocenters. The number of anilines is 1. The van der Waals surface area contributed by atoms with Crippen molar-refractivity contribution in [3.63, 3.8) is 0 Å². The van der Waals surface area contributed by atoms with E-state index in [0.717, 1.165) is 17.7 Å². The molecule has 3 aromatic rings. The molecule has 4 rings (SSSR count). The Labute approximate surface area is 245 Å². The van der Waals surface area contributed by atoms with E-state index in [2.05, 4.69) is 9.71 Å². The Kier molecular flexibility index (Phi) is 9.79. The fraction of sp³-hybridized carbons (Fsp3) is 0.367. The molecule has 224 valence electrons. The van der Waals surface area contributed by atoms with Crippen molar-refractivity contribution >= 4 is 27.5 Å². The van der Waals surface area contributed by atoms with Crippen LogP contribution in [-0.4, -0.2) is 81.0 Å². The molecule has 1 N–H and O–H groups in total. The van der Waals surface area contributed by atoms with Gasteiger partial charge in [0.1, 0.15) is 18.2 Å². The quantitative estimate of drug-likeness (QED) is 0.461. The van der Waals surface area contributed by atoms with Gasteiger partial charge in [-0.15, -0.1) is 0 Å². The molecule has 0 spiro atoms. The van der Waals surface area contributed by atoms with Gasteiger partial charge in [-0.1, -0.05) is 19.1 Å². The maximum Gasteiger partial charge on any atom is 0.261 e. The summed E-state index contributed by atoms with van der Waals surface area (Å²) in [4.78, 5) is 34.1. The van der Waals surface area contributed by atoms with Crippen LogP contribution in [0.1, 0.15) is 29.8 Å². The number of fused-ring (bicyclic) bond motifs is 1. The van der Waals surface area contributed by atoms with Gasteiger partial charge in [0.05, 0.1) is 34.7 Å². The van der Waals surface area contributed by atoms with Gasteiger partial charge in [0.25, 0.3) is 15.9 Å². The highest BCUT2D eigenvalue weighted by atomic mass is 32.2. The lowest BCUT2D eigenvalue weighted by Gasteiger charge is -2.36. The van der Waals surface area contributed by atoms with E-state index in [-0.39, 0.29) is 65.3 Å². The zero-order chi connectivity index (χ0) is 30.4. The number of nitrogens with one attached hydrogen (secondary N) is 1. The number of amides is 2. The highest BCUT2D eigenvalue weighted by Crippen LogP contribution is 2.28. The van der Waals surface area contributed by atoms with Crippen LogP contribution in [0.25, 0.3) is 0 Å². The van der Waals surface area contributed by atoms with Gasteiger partial charge in [-0.2, -0.15) is 0 Å². The molecular weight excluding hydrogens is 563 g/mol. The Balaban J connectivity index is 1.66. The second-order valence-electron chi connectivity index (χ2n) is 10.5. The molecular formula is C30H35FN4O6S. The highest BCUT2D eigenvalue weighted by Gasteiger charge is 2.30. The monoisotopic (exact) mass is 598 g/mol. The summed E-state index contributed by atoms with van der Waals surface area (Å²) >= 11 is 0. The first-order valence-electron chi connectivity index (χ1n) is 13.5. The molecule has 0 bridgehead atoms. The molecule has 1 aromatic heterocycles. The number of aromatic nitrogens is 1. The van der Waals surface area contributed by atoms with Crippen LogP contribution in [0, 0.1) is 11.7 Å². The van der Waals surface area contributed by atoms with E-state index in [1.165, 1.54) is 35.2 Å². The highest BCUT2D eigenvalue weighted by molar-refractivity contribution is 7.92. The van der Waals surface area contributed by atoms with E-state index < -0.39 is 21.9 Å². The number of rotatable bonds is 6. The number of ether oxygens (including phenoxy) is 2. The first kappa shape index (κ1) is 30.9. The number of nitrogens with zero attached hydrogens (tertiary/aromatic N) is 3. The zero-order valence-electron chi connectivity index (χ0n) is 24.0. The first-order valence-corrected chi connectivity index (χ1v) is 15.0. The van der Waals surface area contributed by atoms with Crippen LogP contribution in [0.2, 0.25) is 0 Å². The molecule has 3 atom stereocenters. The summed E-state index contributed by atoms with van der Waals surface area (Å²) in [7, 11) is -0.901. The molecule has 10 nitrogen and oxygen atoms in total. The normalized spacial score (nSPS) is 20.1. The number of likely N-dealkylation sites (N-methyl/N-ethyl adjacent to an activating group) is 1. The standard InChI is InChI=1S/C30H35FN4O6S/c1-20-17-35(29(36)13-22-7-6-12-32-16-22)21(2)19-41-27-15-24(33-42(38,39)25-9-5-8-23(31)14-25)10-11-26(27)30(37)34(3)18-28(20)40-4/h5-12,14-16,20-21,28,33H,13,17-19H2,1-4H3/t20-,21-,28-/m1/s1. The van der Waals surface area contributed by atoms with Gasteiger partial charge in [-0.25, -0.2) is 12.8 Å². The van der Waals surface area contributed by atoms with Gasteiger partial charge in [-0.3, -0.25) is 19.3 Å². The molecule has 1 aliphatic rings. The second kappa shape index (κ2) is 13.3. The predicted octanol–water partition coefficient (Wildman–Crippen LogP) is 3.60. The first-order chi connectivity index (χ1) is 20.0. The van der Waals surface area contributed by atoms with Crippen LogP contribution >= 0.6 is 0 Å². The predicted molar refractivity (Wildman–Crippen MR) is 155 cm³/mol. The van der Waals surface area contributed by atoms with E-state index in [1.807, 2.05) is 19.9 Å². The van der Waals surface area contributed by atoms with Crippen LogP contribution in [0.5, 0.6) is 5.75 Å². The summed E-state index contributed by atoms with van der Waals surface area (Å²) in [6.07, 6.45) is 3.10. The number of sulfonamides is 1. The van der Waals surface area contributed by atoms with E-state index in [1.54, 1.807) is 37.5 Å². The number of carbonyl (C=O) groups is 2. The summed E-state index contributed by atoms with van der Waals surface area (Å²) in [5.74, 6) is -1.10. The van der Waals surface area contributed by atoms with Crippen molar-refractivity contribution in [1.82, 2.24) is 14.8 Å². The van der Waals surface area contributed by atoms with Crippen molar-refractivity contribution in [2.24, 2.45) is 5.92 Å². The largest absolute Gasteiger partial charge is 0.491 e. The van der Waals surface area contributed by atoms with Crippen molar-refractivity contribution in [3.05, 3.63) is 83.9 Å². The van der Waals surface area contributed by atoms with E-state index in [4.69, 9.17) is 9.47 Å². The number of methoxy groups -OCH3 is 1. The lowest BCUT2D eigenvalue weighted by atomic mass is 10.0. The van der Waals surface area contributed by atoms with Crippen LogP contribution in [0.15, 0.2) is 71.9 Å². The molecule has 12 heteroatoms. The fourth-order valence-electron chi connectivity index (χ4n) is 4.81. The second-order valence-corrected chi connectivity index (χ2v) is 12.1. The third-order valence-electron chi connectivity index (χ3n) is 7.20. The Bertz CT molecular complexity index is 1520. The molecule has 0 fully saturated rings. The number of benzene rings is 2. The summed E-state index contributed by atoms with van der Waals surface area (Å²) < 4.78 is 53.8. The van der Waals surface area contributed by atoms with E-state index >= 15 is 0 Å². The summed E-state index contributed by atoms with van der Waals surface area (Å²) in [5, 5.41) is 0. The molecule has 0 saturated heterocycles. The number of hydrogen-bond donors (Lipinski definition) is 1. The Hall–Kier alpha value is -4.03. The van der Waals surface area contributed by atoms with Crippen molar-refractivity contribution in [3.8, 4) is 5.75 Å². The van der Waals surface area contributed by atoms with Gasteiger partial charge in [-0.05, 0) is 48.9 Å². The van der Waals surface area contributed by atoms with Crippen molar-refractivity contribution in [2.45, 2.75) is 37.3 Å². The Morgan fingerprint density at radius 3 is 2.62 bits per heavy atom. The minimum Gasteiger partial charge on any atom is -0.491 e. The number of hydrogen-bond acceptors (Lipinski definition) is 7. The topological polar surface area (TPSA) is 118 Å². The maximum atomic E-state index is 13.7. The van der Waals surface area contributed by atoms with E-state index in [9.17, 15) is 22.4 Å². The SMILES string of the molecule is CO[C@@H]1CN(C)C(=O)c2ccc(NS(=O)(=O)c3cccc(F)c3)cc2OC[C@@H](C)N(C(=O)Cc2cccnc2)C[C@H]1C. The maximum absolute atomic E-state index is 13.7. The smallest absolute Gasteiger partial charge is 0.261 e. The van der Waals surface area contributed by atoms with Gasteiger partial charge in [0.2, 0.25) is 5.91 Å². The summed E-state index contributed by atoms with van der Waals surface area (Å²) in [5.41, 5.74) is 1.12. The Morgan fingerprint density at radius 2 is 1.93 bits per heavy atom. The lowest BCUT2D eigenvalue weighted by Crippen LogP contribution is -2.49. The average molecular weight is 599 g/mol. The molecule has 2 heterocycles. The number of carbonyl (C=O) groups excluding carboxylic acids is 2. The van der Waals surface area contributed by atoms with Gasteiger partial charge >= 0.3 is 0 Å². The van der Waals surface area contributed by atoms with Crippen molar-refractivity contribution in [1.29, 1.82) is 0 Å². The minimum absolute atomic E-state index is 0.0350. The average Bonchev–Trinajstić information content (AvgIpc) is 2.96. The molecule has 0 saturated carbocycles. The summed E-state index contributed by atoms with van der Waals surface area (Å²) in [6, 6.07) is 12.2. The van der Waals surface area contributed by atoms with Crippen LogP contribution in [0.3, 0.4) is 0 Å². The van der Waals surface area contributed by atoms with Crippen LogP contribution < -0.4 is 9.46 Å². The minimum atomic E-state index is -4.12. The molecule has 0 aliphatic carbocycles. The molecule has 2 aromatic carbocycles. The van der Waals surface area contributed by atoms with E-state index in [0.29, 0.717) is 6.54 Å². The van der Waals surface area contributed by atoms with Crippen LogP contribution in [-0.2, 0) is 26.0 Å². The third-order valence-corrected chi connectivity index (χ3v) is 8.58. The zero-order valence-corrected chi connectivity index (χ0v) is 24.8. The fourth-order valence-corrected chi connectivity index (χ4v) is 5.89. The van der Waals surface area contributed by atoms with Crippen molar-refractivity contribution in [2.75, 3.05) is 38.6 Å². The Morgan fingerprint density at radius 1 is 1.14 bits per heavy atom. The molecule has 42 heavy (non-hydrogen) atoms.